The maximum atomic E-state index is 11.9. The second kappa shape index (κ2) is 7.03. The molecule has 118 valence electrons. The number of benzene rings is 1. The lowest BCUT2D eigenvalue weighted by Gasteiger charge is -2.09. The predicted molar refractivity (Wildman–Crippen MR) is 70.1 cm³/mol. The summed E-state index contributed by atoms with van der Waals surface area (Å²) in [5, 5.41) is 10.0. The summed E-state index contributed by atoms with van der Waals surface area (Å²) in [6.45, 7) is -2.09. The van der Waals surface area contributed by atoms with E-state index in [0.717, 1.165) is 5.69 Å². The molecular formula is C13H13F3N4O2. The lowest BCUT2D eigenvalue weighted by Crippen LogP contribution is -2.30. The van der Waals surface area contributed by atoms with Gasteiger partial charge in [0, 0.05) is 5.69 Å². The fourth-order valence-electron chi connectivity index (χ4n) is 1.67. The van der Waals surface area contributed by atoms with Crippen LogP contribution in [0.3, 0.4) is 0 Å². The van der Waals surface area contributed by atoms with E-state index in [9.17, 15) is 18.0 Å². The normalized spacial score (nSPS) is 11.4. The zero-order valence-corrected chi connectivity index (χ0v) is 11.4. The highest BCUT2D eigenvalue weighted by Crippen LogP contribution is 2.14. The summed E-state index contributed by atoms with van der Waals surface area (Å²) in [5.41, 5.74) is 0.810. The van der Waals surface area contributed by atoms with Crippen LogP contribution in [-0.2, 0) is 16.1 Å². The first-order chi connectivity index (χ1) is 10.5. The number of alkyl halides is 3. The standard InChI is InChI=1S/C13H13F3N4O2/c14-13(15,16)8-22-7-12(21)17-6-11-19-18-9-20(11)10-4-2-1-3-5-10/h1-5,9H,6-8H2,(H,17,21). The number of ether oxygens (including phenoxy) is 1. The molecule has 0 saturated heterocycles. The average molecular weight is 314 g/mol. The Balaban J connectivity index is 1.85. The molecule has 0 radical (unpaired) electrons. The summed E-state index contributed by atoms with van der Waals surface area (Å²) in [7, 11) is 0. The number of nitrogens with zero attached hydrogens (tertiary/aromatic N) is 3. The molecule has 1 aromatic carbocycles. The van der Waals surface area contributed by atoms with Crippen molar-refractivity contribution in [3.63, 3.8) is 0 Å². The molecule has 6 nitrogen and oxygen atoms in total. The number of rotatable bonds is 6. The van der Waals surface area contributed by atoms with Gasteiger partial charge in [0.2, 0.25) is 5.91 Å². The fourth-order valence-corrected chi connectivity index (χ4v) is 1.67. The van der Waals surface area contributed by atoms with Gasteiger partial charge in [-0.25, -0.2) is 0 Å². The zero-order valence-electron chi connectivity index (χ0n) is 11.4. The molecule has 1 heterocycles. The molecule has 1 N–H and O–H groups in total. The first kappa shape index (κ1) is 16.0. The minimum absolute atomic E-state index is 0.0309. The summed E-state index contributed by atoms with van der Waals surface area (Å²) < 4.78 is 41.6. The number of halogens is 3. The van der Waals surface area contributed by atoms with Crippen LogP contribution in [0, 0.1) is 0 Å². The monoisotopic (exact) mass is 314 g/mol. The largest absolute Gasteiger partial charge is 0.411 e. The number of carbonyl (C=O) groups is 1. The van der Waals surface area contributed by atoms with Gasteiger partial charge in [-0.2, -0.15) is 13.2 Å². The summed E-state index contributed by atoms with van der Waals surface area (Å²) in [6, 6.07) is 9.20. The molecule has 22 heavy (non-hydrogen) atoms. The SMILES string of the molecule is O=C(COCC(F)(F)F)NCc1nncn1-c1ccccc1. The highest BCUT2D eigenvalue weighted by molar-refractivity contribution is 5.77. The summed E-state index contributed by atoms with van der Waals surface area (Å²) in [6.07, 6.45) is -2.97. The van der Waals surface area contributed by atoms with Crippen LogP contribution in [0.2, 0.25) is 0 Å². The second-order valence-electron chi connectivity index (χ2n) is 4.34. The van der Waals surface area contributed by atoms with Gasteiger partial charge < -0.3 is 10.1 Å². The molecule has 0 fully saturated rings. The van der Waals surface area contributed by atoms with Gasteiger partial charge in [0.25, 0.3) is 0 Å². The third kappa shape index (κ3) is 4.85. The quantitative estimate of drug-likeness (QED) is 0.876. The lowest BCUT2D eigenvalue weighted by molar-refractivity contribution is -0.175. The van der Waals surface area contributed by atoms with Gasteiger partial charge >= 0.3 is 6.18 Å². The Morgan fingerprint density at radius 3 is 2.68 bits per heavy atom. The van der Waals surface area contributed by atoms with E-state index in [2.05, 4.69) is 20.3 Å². The Morgan fingerprint density at radius 1 is 1.27 bits per heavy atom. The number of carbonyl (C=O) groups excluding carboxylic acids is 1. The van der Waals surface area contributed by atoms with Crippen LogP contribution in [0.15, 0.2) is 36.7 Å². The molecule has 0 aliphatic heterocycles. The van der Waals surface area contributed by atoms with Gasteiger partial charge in [0.05, 0.1) is 6.54 Å². The van der Waals surface area contributed by atoms with Gasteiger partial charge in [-0.15, -0.1) is 10.2 Å². The van der Waals surface area contributed by atoms with Crippen molar-refractivity contribution in [2.24, 2.45) is 0 Å². The van der Waals surface area contributed by atoms with E-state index >= 15 is 0 Å². The van der Waals surface area contributed by atoms with Gasteiger partial charge in [-0.05, 0) is 12.1 Å². The van der Waals surface area contributed by atoms with Crippen molar-refractivity contribution in [3.8, 4) is 5.69 Å². The Morgan fingerprint density at radius 2 is 2.00 bits per heavy atom. The average Bonchev–Trinajstić information content (AvgIpc) is 2.93. The van der Waals surface area contributed by atoms with Crippen molar-refractivity contribution < 1.29 is 22.7 Å². The molecule has 0 aliphatic rings. The smallest absolute Gasteiger partial charge is 0.362 e. The van der Waals surface area contributed by atoms with Gasteiger partial charge in [-0.1, -0.05) is 18.2 Å². The molecular weight excluding hydrogens is 301 g/mol. The molecule has 1 aromatic heterocycles. The van der Waals surface area contributed by atoms with Crippen molar-refractivity contribution in [3.05, 3.63) is 42.5 Å². The molecule has 0 saturated carbocycles. The maximum Gasteiger partial charge on any atom is 0.411 e. The second-order valence-corrected chi connectivity index (χ2v) is 4.34. The van der Waals surface area contributed by atoms with Crippen LogP contribution in [0.25, 0.3) is 5.69 Å². The van der Waals surface area contributed by atoms with Gasteiger partial charge in [0.15, 0.2) is 5.82 Å². The van der Waals surface area contributed by atoms with Crippen LogP contribution in [0.4, 0.5) is 13.2 Å². The van der Waals surface area contributed by atoms with Crippen molar-refractivity contribution in [2.75, 3.05) is 13.2 Å². The molecule has 0 spiro atoms. The highest BCUT2D eigenvalue weighted by atomic mass is 19.4. The number of hydrogen-bond donors (Lipinski definition) is 1. The first-order valence-corrected chi connectivity index (χ1v) is 6.31. The Bertz CT molecular complexity index is 613. The molecule has 0 bridgehead atoms. The topological polar surface area (TPSA) is 69.0 Å². The number of hydrogen-bond acceptors (Lipinski definition) is 4. The molecule has 1 amide bonds. The Hall–Kier alpha value is -2.42. The van der Waals surface area contributed by atoms with E-state index in [0.29, 0.717) is 5.82 Å². The van der Waals surface area contributed by atoms with Crippen molar-refractivity contribution in [1.82, 2.24) is 20.1 Å². The summed E-state index contributed by atoms with van der Waals surface area (Å²) >= 11 is 0. The predicted octanol–water partition coefficient (Wildman–Crippen LogP) is 1.46. The minimum Gasteiger partial charge on any atom is -0.362 e. The van der Waals surface area contributed by atoms with Crippen LogP contribution >= 0.6 is 0 Å². The van der Waals surface area contributed by atoms with Crippen molar-refractivity contribution in [1.29, 1.82) is 0 Å². The summed E-state index contributed by atoms with van der Waals surface area (Å²) in [5.74, 6) is -0.206. The molecule has 0 atom stereocenters. The number of nitrogens with one attached hydrogen (secondary N) is 1. The van der Waals surface area contributed by atoms with Crippen LogP contribution in [0.1, 0.15) is 5.82 Å². The Kier molecular flexibility index (Phi) is 5.10. The minimum atomic E-state index is -4.45. The zero-order chi connectivity index (χ0) is 16.0. The van der Waals surface area contributed by atoms with Crippen molar-refractivity contribution >= 4 is 5.91 Å². The third-order valence-electron chi connectivity index (χ3n) is 2.60. The molecule has 0 unspecified atom stereocenters. The van der Waals surface area contributed by atoms with Crippen LogP contribution in [-0.4, -0.2) is 40.1 Å². The lowest BCUT2D eigenvalue weighted by atomic mass is 10.3. The highest BCUT2D eigenvalue weighted by Gasteiger charge is 2.27. The number of amides is 1. The van der Waals surface area contributed by atoms with Gasteiger partial charge in [-0.3, -0.25) is 9.36 Å². The van der Waals surface area contributed by atoms with Crippen molar-refractivity contribution in [2.45, 2.75) is 12.7 Å². The number of aromatic nitrogens is 3. The first-order valence-electron chi connectivity index (χ1n) is 6.31. The van der Waals surface area contributed by atoms with Gasteiger partial charge in [0.1, 0.15) is 19.5 Å². The van der Waals surface area contributed by atoms with E-state index in [4.69, 9.17) is 0 Å². The molecule has 2 rings (SSSR count). The summed E-state index contributed by atoms with van der Waals surface area (Å²) in [4.78, 5) is 11.4. The molecule has 2 aromatic rings. The third-order valence-corrected chi connectivity index (χ3v) is 2.60. The van der Waals surface area contributed by atoms with E-state index in [-0.39, 0.29) is 6.54 Å². The Labute approximate surface area is 123 Å². The van der Waals surface area contributed by atoms with E-state index in [1.807, 2.05) is 30.3 Å². The van der Waals surface area contributed by atoms with Crippen LogP contribution in [0.5, 0.6) is 0 Å². The van der Waals surface area contributed by atoms with E-state index in [1.165, 1.54) is 6.33 Å². The van der Waals surface area contributed by atoms with E-state index in [1.54, 1.807) is 4.57 Å². The van der Waals surface area contributed by atoms with Crippen LogP contribution < -0.4 is 5.32 Å². The number of para-hydroxylation sites is 1. The maximum absolute atomic E-state index is 11.9. The molecule has 9 heteroatoms. The van der Waals surface area contributed by atoms with E-state index < -0.39 is 25.3 Å². The fraction of sp³-hybridized carbons (Fsp3) is 0.308. The molecule has 0 aliphatic carbocycles.